The van der Waals surface area contributed by atoms with Gasteiger partial charge in [-0.1, -0.05) is 6.07 Å². The first-order valence-corrected chi connectivity index (χ1v) is 8.74. The van der Waals surface area contributed by atoms with Crippen molar-refractivity contribution in [2.75, 3.05) is 18.4 Å². The number of anilines is 1. The summed E-state index contributed by atoms with van der Waals surface area (Å²) >= 11 is 0. The number of likely N-dealkylation sites (tertiary alicyclic amines) is 1. The van der Waals surface area contributed by atoms with Crippen LogP contribution < -0.4 is 5.32 Å². The molecule has 0 aromatic carbocycles. The number of rotatable bonds is 1. The highest BCUT2D eigenvalue weighted by atomic mass is 16.2. The fourth-order valence-corrected chi connectivity index (χ4v) is 4.66. The lowest BCUT2D eigenvalue weighted by Gasteiger charge is -2.32. The van der Waals surface area contributed by atoms with Gasteiger partial charge >= 0.3 is 6.03 Å². The Bertz CT molecular complexity index is 841. The van der Waals surface area contributed by atoms with Gasteiger partial charge in [0.15, 0.2) is 0 Å². The summed E-state index contributed by atoms with van der Waals surface area (Å²) < 4.78 is 1.52. The van der Waals surface area contributed by atoms with E-state index in [1.54, 1.807) is 18.6 Å². The second-order valence-corrected chi connectivity index (χ2v) is 7.21. The average molecular weight is 337 g/mol. The molecule has 7 nitrogen and oxygen atoms in total. The van der Waals surface area contributed by atoms with Crippen molar-refractivity contribution in [1.29, 1.82) is 0 Å². The number of hydrogen-bond acceptors (Lipinski definition) is 4. The maximum absolute atomic E-state index is 12.6. The summed E-state index contributed by atoms with van der Waals surface area (Å²) in [6.45, 7) is 1.46. The van der Waals surface area contributed by atoms with Gasteiger partial charge in [0.1, 0.15) is 12.1 Å². The number of aromatic nitrogens is 3. The zero-order valence-electron chi connectivity index (χ0n) is 13.8. The van der Waals surface area contributed by atoms with Gasteiger partial charge in [-0.25, -0.2) is 14.8 Å². The number of piperidine rings is 1. The molecular weight excluding hydrogens is 318 g/mol. The van der Waals surface area contributed by atoms with Crippen molar-refractivity contribution in [2.24, 2.45) is 11.8 Å². The molecule has 2 amide bonds. The molecule has 128 valence electrons. The van der Waals surface area contributed by atoms with E-state index in [4.69, 9.17) is 0 Å². The maximum atomic E-state index is 12.6. The molecule has 25 heavy (non-hydrogen) atoms. The number of imidazole rings is 1. The fraction of sp³-hybridized carbons (Fsp3) is 0.444. The second kappa shape index (κ2) is 5.15. The third-order valence-electron chi connectivity index (χ3n) is 6.04. The van der Waals surface area contributed by atoms with Gasteiger partial charge in [-0.05, 0) is 37.2 Å². The minimum atomic E-state index is -0.370. The highest BCUT2D eigenvalue weighted by Gasteiger charge is 2.67. The van der Waals surface area contributed by atoms with E-state index in [0.29, 0.717) is 11.8 Å². The molecule has 2 aromatic rings. The molecule has 1 spiro atoms. The zero-order chi connectivity index (χ0) is 17.0. The number of amides is 2. The lowest BCUT2D eigenvalue weighted by molar-refractivity contribution is -0.118. The molecular formula is C18H19N5O2. The molecule has 4 heterocycles. The van der Waals surface area contributed by atoms with Crippen molar-refractivity contribution >= 4 is 17.8 Å². The third kappa shape index (κ3) is 2.04. The van der Waals surface area contributed by atoms with Gasteiger partial charge in [-0.2, -0.15) is 0 Å². The standard InChI is InChI=1S/C18H19N5O2/c24-16-18(13-2-1-5-20-15(13)21-16)10-14(18)12-3-7-22(8-4-12)17(25)23-9-6-19-11-23/h1-2,5-6,9,11-12,14H,3-4,7-8,10H2,(H,20,21,24). The predicted octanol–water partition coefficient (Wildman–Crippen LogP) is 1.87. The van der Waals surface area contributed by atoms with E-state index in [1.165, 1.54) is 10.9 Å². The van der Waals surface area contributed by atoms with Crippen molar-refractivity contribution in [3.05, 3.63) is 42.6 Å². The van der Waals surface area contributed by atoms with E-state index in [0.717, 1.165) is 43.7 Å². The molecule has 2 aliphatic heterocycles. The van der Waals surface area contributed by atoms with E-state index in [9.17, 15) is 9.59 Å². The van der Waals surface area contributed by atoms with Crippen molar-refractivity contribution < 1.29 is 9.59 Å². The molecule has 5 rings (SSSR count). The minimum absolute atomic E-state index is 0.0189. The predicted molar refractivity (Wildman–Crippen MR) is 90.0 cm³/mol. The number of pyridine rings is 1. The van der Waals surface area contributed by atoms with Crippen molar-refractivity contribution in [3.8, 4) is 0 Å². The fourth-order valence-electron chi connectivity index (χ4n) is 4.66. The number of carbonyl (C=O) groups is 2. The molecule has 0 bridgehead atoms. The monoisotopic (exact) mass is 337 g/mol. The molecule has 3 aliphatic rings. The smallest absolute Gasteiger partial charge is 0.324 e. The van der Waals surface area contributed by atoms with Gasteiger partial charge in [0.05, 0.1) is 5.41 Å². The van der Waals surface area contributed by atoms with Gasteiger partial charge in [-0.15, -0.1) is 0 Å². The van der Waals surface area contributed by atoms with E-state index in [1.807, 2.05) is 17.0 Å². The molecule has 2 unspecified atom stereocenters. The van der Waals surface area contributed by atoms with E-state index < -0.39 is 0 Å². The van der Waals surface area contributed by atoms with Crippen LogP contribution in [0, 0.1) is 11.8 Å². The zero-order valence-corrected chi connectivity index (χ0v) is 13.8. The van der Waals surface area contributed by atoms with Crippen molar-refractivity contribution in [2.45, 2.75) is 24.7 Å². The van der Waals surface area contributed by atoms with Crippen LogP contribution in [0.4, 0.5) is 10.6 Å². The van der Waals surface area contributed by atoms with E-state index >= 15 is 0 Å². The van der Waals surface area contributed by atoms with E-state index in [-0.39, 0.29) is 17.4 Å². The molecule has 2 fully saturated rings. The summed E-state index contributed by atoms with van der Waals surface area (Å²) in [6.07, 6.45) is 9.33. The van der Waals surface area contributed by atoms with Crippen LogP contribution in [-0.2, 0) is 10.2 Å². The number of carbonyl (C=O) groups excluding carboxylic acids is 2. The van der Waals surface area contributed by atoms with Crippen LogP contribution in [0.2, 0.25) is 0 Å². The van der Waals surface area contributed by atoms with Gasteiger partial charge in [-0.3, -0.25) is 9.36 Å². The van der Waals surface area contributed by atoms with Gasteiger partial charge in [0, 0.05) is 37.2 Å². The Kier molecular flexibility index (Phi) is 3.01. The Morgan fingerprint density at radius 2 is 2.12 bits per heavy atom. The summed E-state index contributed by atoms with van der Waals surface area (Å²) in [5.41, 5.74) is 0.687. The van der Waals surface area contributed by atoms with Crippen molar-refractivity contribution in [1.82, 2.24) is 19.4 Å². The number of nitrogens with zero attached hydrogens (tertiary/aromatic N) is 4. The SMILES string of the molecule is O=C(N1CCC(C2CC23C(=O)Nc2ncccc23)CC1)n1ccnc1. The van der Waals surface area contributed by atoms with Crippen LogP contribution >= 0.6 is 0 Å². The quantitative estimate of drug-likeness (QED) is 0.861. The Labute approximate surface area is 145 Å². The largest absolute Gasteiger partial charge is 0.329 e. The topological polar surface area (TPSA) is 80.1 Å². The van der Waals surface area contributed by atoms with Crippen LogP contribution in [-0.4, -0.2) is 44.5 Å². The van der Waals surface area contributed by atoms with Crippen molar-refractivity contribution in [3.63, 3.8) is 0 Å². The number of fused-ring (bicyclic) bond motifs is 2. The normalized spacial score (nSPS) is 28.1. The van der Waals surface area contributed by atoms with Crippen LogP contribution in [0.1, 0.15) is 24.8 Å². The first-order valence-electron chi connectivity index (χ1n) is 8.74. The van der Waals surface area contributed by atoms with E-state index in [2.05, 4.69) is 15.3 Å². The molecule has 0 radical (unpaired) electrons. The molecule has 1 saturated carbocycles. The average Bonchev–Trinajstić information content (AvgIpc) is 3.02. The summed E-state index contributed by atoms with van der Waals surface area (Å²) in [5, 5.41) is 2.94. The highest BCUT2D eigenvalue weighted by molar-refractivity contribution is 6.07. The van der Waals surface area contributed by atoms with Crippen LogP contribution in [0.3, 0.4) is 0 Å². The summed E-state index contributed by atoms with van der Waals surface area (Å²) in [5.74, 6) is 1.66. The second-order valence-electron chi connectivity index (χ2n) is 7.21. The minimum Gasteiger partial charge on any atom is -0.324 e. The summed E-state index contributed by atoms with van der Waals surface area (Å²) in [6, 6.07) is 3.91. The third-order valence-corrected chi connectivity index (χ3v) is 6.04. The van der Waals surface area contributed by atoms with Gasteiger partial charge in [0.2, 0.25) is 5.91 Å². The number of hydrogen-bond donors (Lipinski definition) is 1. The van der Waals surface area contributed by atoms with Crippen LogP contribution in [0.5, 0.6) is 0 Å². The molecule has 2 aromatic heterocycles. The molecule has 7 heteroatoms. The van der Waals surface area contributed by atoms with Gasteiger partial charge in [0.25, 0.3) is 0 Å². The van der Waals surface area contributed by atoms with Gasteiger partial charge < -0.3 is 10.2 Å². The lowest BCUT2D eigenvalue weighted by Crippen LogP contribution is -2.41. The molecule has 1 N–H and O–H groups in total. The molecule has 2 atom stereocenters. The molecule has 1 saturated heterocycles. The summed E-state index contributed by atoms with van der Waals surface area (Å²) in [4.78, 5) is 35.1. The van der Waals surface area contributed by atoms with Crippen LogP contribution in [0.25, 0.3) is 0 Å². The summed E-state index contributed by atoms with van der Waals surface area (Å²) in [7, 11) is 0. The maximum Gasteiger partial charge on any atom is 0.329 e. The first kappa shape index (κ1) is 14.6. The van der Waals surface area contributed by atoms with Crippen LogP contribution in [0.15, 0.2) is 37.1 Å². The Balaban J connectivity index is 1.29. The highest BCUT2D eigenvalue weighted by Crippen LogP contribution is 2.63. The Hall–Kier alpha value is -2.70. The molecule has 1 aliphatic carbocycles. The Morgan fingerprint density at radius 1 is 1.28 bits per heavy atom. The lowest BCUT2D eigenvalue weighted by atomic mass is 9.85. The number of nitrogens with one attached hydrogen (secondary N) is 1. The Morgan fingerprint density at radius 3 is 2.88 bits per heavy atom. The first-order chi connectivity index (χ1) is 12.2.